The van der Waals surface area contributed by atoms with Gasteiger partial charge in [-0.2, -0.15) is 8.78 Å². The summed E-state index contributed by atoms with van der Waals surface area (Å²) in [5, 5.41) is 9.44. The zero-order chi connectivity index (χ0) is 26.1. The fourth-order valence-corrected chi connectivity index (χ4v) is 5.56. The van der Waals surface area contributed by atoms with E-state index in [1.165, 1.54) is 19.2 Å². The number of hydrogen-bond acceptors (Lipinski definition) is 5. The molecule has 0 saturated heterocycles. The minimum Gasteiger partial charge on any atom is -0.481 e. The highest BCUT2D eigenvalue weighted by atomic mass is 19.3. The predicted molar refractivity (Wildman–Crippen MR) is 131 cm³/mol. The van der Waals surface area contributed by atoms with Crippen LogP contribution in [0.25, 0.3) is 11.0 Å². The Morgan fingerprint density at radius 2 is 1.84 bits per heavy atom. The summed E-state index contributed by atoms with van der Waals surface area (Å²) in [6.45, 7) is -1.43. The van der Waals surface area contributed by atoms with Crippen LogP contribution < -0.4 is 4.74 Å². The number of rotatable bonds is 6. The van der Waals surface area contributed by atoms with Crippen LogP contribution >= 0.6 is 0 Å². The zero-order valence-electron chi connectivity index (χ0n) is 20.5. The standard InChI is InChI=1S/C27H29F2N3O5/c1-36-27(35)31-13-12-17-8-11-22-23(21(17)15-31)30-24(18-4-6-19(7-5-18)25(33)34)32(22)14-16-2-9-20(10-3-16)37-26(28)29/h2-3,8-11,18-19,26H,4-7,12-15H2,1H3,(H,33,34). The highest BCUT2D eigenvalue weighted by molar-refractivity contribution is 5.82. The molecule has 1 saturated carbocycles. The molecule has 5 rings (SSSR count). The lowest BCUT2D eigenvalue weighted by molar-refractivity contribution is -0.142. The normalized spacial score (nSPS) is 19.6. The third-order valence-corrected chi connectivity index (χ3v) is 7.52. The number of carbonyl (C=O) groups is 2. The molecule has 1 aliphatic heterocycles. The van der Waals surface area contributed by atoms with Crippen molar-refractivity contribution in [3.05, 3.63) is 58.9 Å². The van der Waals surface area contributed by atoms with Crippen LogP contribution in [-0.4, -0.2) is 51.9 Å². The fraction of sp³-hybridized carbons (Fsp3) is 0.444. The van der Waals surface area contributed by atoms with Crippen LogP contribution in [0.3, 0.4) is 0 Å². The van der Waals surface area contributed by atoms with E-state index < -0.39 is 12.6 Å². The molecule has 10 heteroatoms. The van der Waals surface area contributed by atoms with Gasteiger partial charge in [0.2, 0.25) is 0 Å². The lowest BCUT2D eigenvalue weighted by atomic mass is 9.81. The van der Waals surface area contributed by atoms with Gasteiger partial charge in [0.1, 0.15) is 11.6 Å². The van der Waals surface area contributed by atoms with E-state index in [-0.39, 0.29) is 23.7 Å². The van der Waals surface area contributed by atoms with E-state index in [2.05, 4.69) is 21.4 Å². The number of halogens is 2. The zero-order valence-corrected chi connectivity index (χ0v) is 20.5. The number of imidazole rings is 1. The number of aliphatic carboxylic acids is 1. The highest BCUT2D eigenvalue weighted by Crippen LogP contribution is 2.38. The molecule has 0 radical (unpaired) electrons. The molecule has 1 aliphatic carbocycles. The topological polar surface area (TPSA) is 93.9 Å². The Labute approximate surface area is 212 Å². The number of benzene rings is 2. The van der Waals surface area contributed by atoms with Gasteiger partial charge in [0.15, 0.2) is 0 Å². The monoisotopic (exact) mass is 513 g/mol. The molecule has 2 aromatic carbocycles. The number of aromatic nitrogens is 2. The smallest absolute Gasteiger partial charge is 0.409 e. The molecule has 0 unspecified atom stereocenters. The number of ether oxygens (including phenoxy) is 2. The van der Waals surface area contributed by atoms with Crippen molar-refractivity contribution in [2.24, 2.45) is 5.92 Å². The number of carbonyl (C=O) groups excluding carboxylic acids is 1. The van der Waals surface area contributed by atoms with Gasteiger partial charge in [-0.15, -0.1) is 0 Å². The molecule has 8 nitrogen and oxygen atoms in total. The number of carboxylic acid groups (broad SMARTS) is 1. The SMILES string of the molecule is COC(=O)N1CCc2ccc3c(nc(C4CCC(C(=O)O)CC4)n3Cc3ccc(OC(F)F)cc3)c2C1. The van der Waals surface area contributed by atoms with Crippen LogP contribution in [0.15, 0.2) is 36.4 Å². The third kappa shape index (κ3) is 5.10. The lowest BCUT2D eigenvalue weighted by Crippen LogP contribution is -2.35. The number of fused-ring (bicyclic) bond motifs is 3. The minimum absolute atomic E-state index is 0.0958. The number of hydrogen-bond donors (Lipinski definition) is 1. The van der Waals surface area contributed by atoms with Gasteiger partial charge < -0.3 is 24.0 Å². The Hall–Kier alpha value is -3.69. The first-order valence-corrected chi connectivity index (χ1v) is 12.4. The maximum absolute atomic E-state index is 12.6. The van der Waals surface area contributed by atoms with Crippen molar-refractivity contribution in [1.82, 2.24) is 14.5 Å². The Morgan fingerprint density at radius 3 is 2.49 bits per heavy atom. The van der Waals surface area contributed by atoms with Gasteiger partial charge in [0.25, 0.3) is 0 Å². The van der Waals surface area contributed by atoms with Crippen molar-refractivity contribution in [1.29, 1.82) is 0 Å². The molecule has 0 spiro atoms. The van der Waals surface area contributed by atoms with Gasteiger partial charge in [-0.25, -0.2) is 9.78 Å². The molecule has 1 N–H and O–H groups in total. The summed E-state index contributed by atoms with van der Waals surface area (Å²) in [6, 6.07) is 10.7. The second-order valence-corrected chi connectivity index (χ2v) is 9.68. The summed E-state index contributed by atoms with van der Waals surface area (Å²) in [5.41, 5.74) is 4.80. The van der Waals surface area contributed by atoms with E-state index >= 15 is 0 Å². The Bertz CT molecular complexity index is 1300. The summed E-state index contributed by atoms with van der Waals surface area (Å²) in [4.78, 5) is 30.5. The van der Waals surface area contributed by atoms with E-state index in [1.807, 2.05) is 0 Å². The molecule has 2 aliphatic rings. The van der Waals surface area contributed by atoms with Crippen LogP contribution in [-0.2, 0) is 29.0 Å². The van der Waals surface area contributed by atoms with Gasteiger partial charge in [-0.3, -0.25) is 4.79 Å². The van der Waals surface area contributed by atoms with Gasteiger partial charge in [0, 0.05) is 24.6 Å². The molecule has 0 atom stereocenters. The summed E-state index contributed by atoms with van der Waals surface area (Å²) < 4.78 is 36.7. The maximum atomic E-state index is 12.6. The highest BCUT2D eigenvalue weighted by Gasteiger charge is 2.31. The summed E-state index contributed by atoms with van der Waals surface area (Å²) in [5.74, 6) is -0.0120. The largest absolute Gasteiger partial charge is 0.481 e. The summed E-state index contributed by atoms with van der Waals surface area (Å²) in [6.07, 6.45) is 2.96. The van der Waals surface area contributed by atoms with Crippen molar-refractivity contribution < 1.29 is 33.0 Å². The number of amides is 1. The van der Waals surface area contributed by atoms with Crippen LogP contribution in [0.5, 0.6) is 5.75 Å². The van der Waals surface area contributed by atoms with Crippen molar-refractivity contribution >= 4 is 23.1 Å². The van der Waals surface area contributed by atoms with Gasteiger partial charge in [0.05, 0.1) is 30.6 Å². The second-order valence-electron chi connectivity index (χ2n) is 9.68. The maximum Gasteiger partial charge on any atom is 0.409 e. The molecule has 1 amide bonds. The quantitative estimate of drug-likeness (QED) is 0.489. The summed E-state index contributed by atoms with van der Waals surface area (Å²) >= 11 is 0. The number of nitrogens with zero attached hydrogens (tertiary/aromatic N) is 3. The van der Waals surface area contributed by atoms with Crippen molar-refractivity contribution in [2.75, 3.05) is 13.7 Å². The van der Waals surface area contributed by atoms with Crippen LogP contribution in [0, 0.1) is 5.92 Å². The Balaban J connectivity index is 1.53. The first-order chi connectivity index (χ1) is 17.8. The van der Waals surface area contributed by atoms with E-state index in [1.54, 1.807) is 17.0 Å². The van der Waals surface area contributed by atoms with E-state index in [0.717, 1.165) is 46.4 Å². The van der Waals surface area contributed by atoms with E-state index in [9.17, 15) is 23.5 Å². The molecule has 0 bridgehead atoms. The van der Waals surface area contributed by atoms with Gasteiger partial charge in [-0.05, 0) is 61.4 Å². The number of carboxylic acids is 1. The lowest BCUT2D eigenvalue weighted by Gasteiger charge is -2.27. The Morgan fingerprint density at radius 1 is 1.11 bits per heavy atom. The molecule has 37 heavy (non-hydrogen) atoms. The van der Waals surface area contributed by atoms with E-state index in [4.69, 9.17) is 9.72 Å². The average molecular weight is 514 g/mol. The second kappa shape index (κ2) is 10.4. The summed E-state index contributed by atoms with van der Waals surface area (Å²) in [7, 11) is 1.37. The Kier molecular flexibility index (Phi) is 6.99. The molecular weight excluding hydrogens is 484 g/mol. The van der Waals surface area contributed by atoms with Crippen LogP contribution in [0.1, 0.15) is 54.1 Å². The molecule has 1 aromatic heterocycles. The molecule has 196 valence electrons. The first kappa shape index (κ1) is 25.0. The van der Waals surface area contributed by atoms with Crippen LogP contribution in [0.2, 0.25) is 0 Å². The molecule has 1 fully saturated rings. The molecule has 2 heterocycles. The van der Waals surface area contributed by atoms with Crippen molar-refractivity contribution in [3.63, 3.8) is 0 Å². The third-order valence-electron chi connectivity index (χ3n) is 7.52. The van der Waals surface area contributed by atoms with Crippen molar-refractivity contribution in [2.45, 2.75) is 57.7 Å². The fourth-order valence-electron chi connectivity index (χ4n) is 5.56. The van der Waals surface area contributed by atoms with Gasteiger partial charge in [-0.1, -0.05) is 18.2 Å². The number of methoxy groups -OCH3 is 1. The van der Waals surface area contributed by atoms with Crippen LogP contribution in [0.4, 0.5) is 13.6 Å². The van der Waals surface area contributed by atoms with E-state index in [0.29, 0.717) is 38.9 Å². The number of alkyl halides is 2. The van der Waals surface area contributed by atoms with Gasteiger partial charge >= 0.3 is 18.7 Å². The average Bonchev–Trinajstić information content (AvgIpc) is 3.27. The van der Waals surface area contributed by atoms with Crippen molar-refractivity contribution in [3.8, 4) is 5.75 Å². The first-order valence-electron chi connectivity index (χ1n) is 12.4. The molecular formula is C27H29F2N3O5. The predicted octanol–water partition coefficient (Wildman–Crippen LogP) is 5.17. The molecule has 3 aromatic rings. The minimum atomic E-state index is -2.88.